The highest BCUT2D eigenvalue weighted by atomic mass is 19.1. The number of hydrogen-bond acceptors (Lipinski definition) is 6. The van der Waals surface area contributed by atoms with Crippen molar-refractivity contribution in [1.82, 2.24) is 4.90 Å². The van der Waals surface area contributed by atoms with Crippen molar-refractivity contribution < 1.29 is 32.7 Å². The molecule has 1 aromatic heterocycles. The minimum atomic E-state index is -0.812. The van der Waals surface area contributed by atoms with Gasteiger partial charge < -0.3 is 14.1 Å². The maximum Gasteiger partial charge on any atom is 0.338 e. The number of furan rings is 1. The molecule has 0 bridgehead atoms. The third-order valence-corrected chi connectivity index (χ3v) is 4.93. The van der Waals surface area contributed by atoms with E-state index in [0.717, 1.165) is 17.0 Å². The summed E-state index contributed by atoms with van der Waals surface area (Å²) in [4.78, 5) is 52.2. The van der Waals surface area contributed by atoms with E-state index in [4.69, 9.17) is 9.15 Å². The average Bonchev–Trinajstić information content (AvgIpc) is 3.38. The minimum absolute atomic E-state index is 0.0207. The van der Waals surface area contributed by atoms with Crippen LogP contribution < -0.4 is 4.90 Å². The Labute approximate surface area is 181 Å². The Morgan fingerprint density at radius 2 is 1.75 bits per heavy atom. The molecule has 32 heavy (non-hydrogen) atoms. The summed E-state index contributed by atoms with van der Waals surface area (Å²) >= 11 is 0. The third-order valence-electron chi connectivity index (χ3n) is 4.93. The van der Waals surface area contributed by atoms with Crippen LogP contribution in [0.25, 0.3) is 0 Å². The van der Waals surface area contributed by atoms with Crippen LogP contribution in [0.5, 0.6) is 0 Å². The Bertz CT molecular complexity index is 1200. The molecule has 0 saturated heterocycles. The molecule has 0 N–H and O–H groups in total. The second-order valence-corrected chi connectivity index (χ2v) is 7.09. The maximum atomic E-state index is 13.2. The summed E-state index contributed by atoms with van der Waals surface area (Å²) in [5.74, 6) is -2.39. The van der Waals surface area contributed by atoms with Crippen LogP contribution in [0.1, 0.15) is 36.8 Å². The van der Waals surface area contributed by atoms with Crippen molar-refractivity contribution in [2.75, 3.05) is 18.6 Å². The molecular formula is C23H17FN2O6. The van der Waals surface area contributed by atoms with E-state index < -0.39 is 36.1 Å². The summed E-state index contributed by atoms with van der Waals surface area (Å²) in [6.45, 7) is -0.278. The monoisotopic (exact) mass is 436 g/mol. The van der Waals surface area contributed by atoms with Gasteiger partial charge in [-0.3, -0.25) is 14.4 Å². The molecule has 162 valence electrons. The van der Waals surface area contributed by atoms with Crippen molar-refractivity contribution in [2.45, 2.75) is 6.54 Å². The van der Waals surface area contributed by atoms with Crippen LogP contribution in [0, 0.1) is 5.82 Å². The molecule has 3 aromatic rings. The van der Waals surface area contributed by atoms with Gasteiger partial charge in [-0.25, -0.2) is 14.1 Å². The van der Waals surface area contributed by atoms with Gasteiger partial charge in [0.1, 0.15) is 11.6 Å². The van der Waals surface area contributed by atoms with Gasteiger partial charge in [-0.05, 0) is 54.6 Å². The van der Waals surface area contributed by atoms with Crippen molar-refractivity contribution in [2.24, 2.45) is 0 Å². The van der Waals surface area contributed by atoms with Gasteiger partial charge in [0, 0.05) is 7.05 Å². The van der Waals surface area contributed by atoms with Crippen LogP contribution in [0.3, 0.4) is 0 Å². The molecule has 0 radical (unpaired) electrons. The number of likely N-dealkylation sites (N-methyl/N-ethyl adjacent to an activating group) is 1. The summed E-state index contributed by atoms with van der Waals surface area (Å²) in [7, 11) is 1.54. The SMILES string of the molecule is CN(Cc1ccco1)C(=O)COC(=O)c1ccc2c(c1)C(=O)N(c1ccc(F)cc1)C2=O. The number of carbonyl (C=O) groups is 4. The van der Waals surface area contributed by atoms with Gasteiger partial charge >= 0.3 is 5.97 Å². The molecule has 3 amide bonds. The third kappa shape index (κ3) is 4.00. The number of ether oxygens (including phenoxy) is 1. The van der Waals surface area contributed by atoms with Crippen molar-refractivity contribution >= 4 is 29.4 Å². The minimum Gasteiger partial charge on any atom is -0.467 e. The molecule has 0 unspecified atom stereocenters. The highest BCUT2D eigenvalue weighted by Gasteiger charge is 2.37. The average molecular weight is 436 g/mol. The highest BCUT2D eigenvalue weighted by molar-refractivity contribution is 6.34. The van der Waals surface area contributed by atoms with Crippen molar-refractivity contribution in [3.8, 4) is 0 Å². The summed E-state index contributed by atoms with van der Waals surface area (Å²) in [6, 6.07) is 12.3. The number of anilines is 1. The largest absolute Gasteiger partial charge is 0.467 e. The lowest BCUT2D eigenvalue weighted by molar-refractivity contribution is -0.133. The molecule has 1 aliphatic rings. The van der Waals surface area contributed by atoms with E-state index in [-0.39, 0.29) is 28.9 Å². The fourth-order valence-corrected chi connectivity index (χ4v) is 3.24. The van der Waals surface area contributed by atoms with Crippen LogP contribution in [-0.4, -0.2) is 42.2 Å². The van der Waals surface area contributed by atoms with Crippen LogP contribution in [0.15, 0.2) is 65.3 Å². The molecule has 2 heterocycles. The van der Waals surface area contributed by atoms with Gasteiger partial charge in [0.05, 0.1) is 35.2 Å². The number of amides is 3. The quantitative estimate of drug-likeness (QED) is 0.435. The predicted molar refractivity (Wildman–Crippen MR) is 109 cm³/mol. The van der Waals surface area contributed by atoms with Crippen molar-refractivity contribution in [3.63, 3.8) is 0 Å². The number of carbonyl (C=O) groups excluding carboxylic acids is 4. The lowest BCUT2D eigenvalue weighted by atomic mass is 10.1. The molecule has 0 saturated carbocycles. The summed E-state index contributed by atoms with van der Waals surface area (Å²) < 4.78 is 23.4. The van der Waals surface area contributed by atoms with E-state index in [1.807, 2.05) is 0 Å². The number of rotatable bonds is 6. The second-order valence-electron chi connectivity index (χ2n) is 7.09. The Hall–Kier alpha value is -4.27. The van der Waals surface area contributed by atoms with Crippen molar-refractivity contribution in [3.05, 3.63) is 89.1 Å². The summed E-state index contributed by atoms with van der Waals surface area (Å²) in [5, 5.41) is 0. The molecule has 0 atom stereocenters. The Morgan fingerprint density at radius 1 is 1.03 bits per heavy atom. The topological polar surface area (TPSA) is 97.1 Å². The Morgan fingerprint density at radius 3 is 2.44 bits per heavy atom. The van der Waals surface area contributed by atoms with Gasteiger partial charge in [-0.1, -0.05) is 0 Å². The lowest BCUT2D eigenvalue weighted by Gasteiger charge is -2.15. The van der Waals surface area contributed by atoms with Gasteiger partial charge in [-0.15, -0.1) is 0 Å². The van der Waals surface area contributed by atoms with Crippen LogP contribution >= 0.6 is 0 Å². The van der Waals surface area contributed by atoms with Gasteiger partial charge in [0.25, 0.3) is 17.7 Å². The fraction of sp³-hybridized carbons (Fsp3) is 0.130. The number of esters is 1. The Balaban J connectivity index is 1.44. The van der Waals surface area contributed by atoms with E-state index in [1.165, 1.54) is 41.5 Å². The van der Waals surface area contributed by atoms with Gasteiger partial charge in [0.2, 0.25) is 0 Å². The molecule has 0 spiro atoms. The first-order valence-electron chi connectivity index (χ1n) is 9.57. The van der Waals surface area contributed by atoms with Crippen LogP contribution in [-0.2, 0) is 16.1 Å². The van der Waals surface area contributed by atoms with E-state index in [9.17, 15) is 23.6 Å². The van der Waals surface area contributed by atoms with E-state index >= 15 is 0 Å². The number of fused-ring (bicyclic) bond motifs is 1. The molecule has 9 heteroatoms. The van der Waals surface area contributed by atoms with Gasteiger partial charge in [-0.2, -0.15) is 0 Å². The fourth-order valence-electron chi connectivity index (χ4n) is 3.24. The first-order valence-corrected chi connectivity index (χ1v) is 9.57. The summed E-state index contributed by atoms with van der Waals surface area (Å²) in [6.07, 6.45) is 1.49. The number of imide groups is 1. The number of nitrogens with zero attached hydrogens (tertiary/aromatic N) is 2. The molecule has 2 aromatic carbocycles. The zero-order valence-electron chi connectivity index (χ0n) is 16.9. The first kappa shape index (κ1) is 21.0. The smallest absolute Gasteiger partial charge is 0.338 e. The van der Waals surface area contributed by atoms with E-state index in [0.29, 0.717) is 5.76 Å². The number of halogens is 1. The molecule has 4 rings (SSSR count). The van der Waals surface area contributed by atoms with E-state index in [1.54, 1.807) is 19.2 Å². The molecular weight excluding hydrogens is 419 g/mol. The molecule has 8 nitrogen and oxygen atoms in total. The number of hydrogen-bond donors (Lipinski definition) is 0. The normalized spacial score (nSPS) is 12.6. The lowest BCUT2D eigenvalue weighted by Crippen LogP contribution is -2.30. The molecule has 0 fully saturated rings. The first-order chi connectivity index (χ1) is 15.3. The highest BCUT2D eigenvalue weighted by Crippen LogP contribution is 2.29. The zero-order chi connectivity index (χ0) is 22.8. The molecule has 0 aliphatic carbocycles. The Kier molecular flexibility index (Phi) is 5.55. The molecule has 1 aliphatic heterocycles. The van der Waals surface area contributed by atoms with Crippen LogP contribution in [0.2, 0.25) is 0 Å². The standard InChI is InChI=1S/C23H17FN2O6/c1-25(12-17-3-2-10-31-17)20(27)13-32-23(30)14-4-9-18-19(11-14)22(29)26(21(18)28)16-7-5-15(24)6-8-16/h2-11H,12-13H2,1H3. The van der Waals surface area contributed by atoms with Crippen LogP contribution in [0.4, 0.5) is 10.1 Å². The zero-order valence-corrected chi connectivity index (χ0v) is 16.9. The number of benzene rings is 2. The van der Waals surface area contributed by atoms with E-state index in [2.05, 4.69) is 0 Å². The van der Waals surface area contributed by atoms with Gasteiger partial charge in [0.15, 0.2) is 6.61 Å². The predicted octanol–water partition coefficient (Wildman–Crippen LogP) is 3.03. The second kappa shape index (κ2) is 8.46. The summed E-state index contributed by atoms with van der Waals surface area (Å²) in [5.41, 5.74) is 0.374. The van der Waals surface area contributed by atoms with Crippen molar-refractivity contribution in [1.29, 1.82) is 0 Å². The maximum absolute atomic E-state index is 13.2.